The zero-order chi connectivity index (χ0) is 12.0. The maximum Gasteiger partial charge on any atom is 0.0424 e. The number of likely N-dealkylation sites (N-methyl/N-ethyl adjacent to an activating group) is 1. The standard InChI is InChI=1S/C14H24N2/c1-4-13(5-2)16(3)11-14(15)12-9-7-6-8-10-12/h6-10,13-14H,4-5,11,15H2,1-3H3. The zero-order valence-corrected chi connectivity index (χ0v) is 10.7. The molecule has 0 bridgehead atoms. The second-order valence-electron chi connectivity index (χ2n) is 4.43. The fourth-order valence-electron chi connectivity index (χ4n) is 2.18. The quantitative estimate of drug-likeness (QED) is 0.798. The first-order valence-electron chi connectivity index (χ1n) is 6.19. The number of hydrogen-bond acceptors (Lipinski definition) is 2. The summed E-state index contributed by atoms with van der Waals surface area (Å²) in [7, 11) is 2.17. The topological polar surface area (TPSA) is 29.3 Å². The summed E-state index contributed by atoms with van der Waals surface area (Å²) in [5.74, 6) is 0. The third-order valence-corrected chi connectivity index (χ3v) is 3.28. The molecule has 0 aliphatic carbocycles. The first-order valence-corrected chi connectivity index (χ1v) is 6.19. The summed E-state index contributed by atoms with van der Waals surface area (Å²) in [6.07, 6.45) is 2.38. The van der Waals surface area contributed by atoms with E-state index in [1.54, 1.807) is 0 Å². The van der Waals surface area contributed by atoms with Crippen LogP contribution in [0.5, 0.6) is 0 Å². The van der Waals surface area contributed by atoms with Crippen molar-refractivity contribution >= 4 is 0 Å². The van der Waals surface area contributed by atoms with Crippen LogP contribution in [0.1, 0.15) is 38.3 Å². The van der Waals surface area contributed by atoms with Crippen LogP contribution in [0.25, 0.3) is 0 Å². The van der Waals surface area contributed by atoms with E-state index < -0.39 is 0 Å². The second kappa shape index (κ2) is 6.66. The molecular weight excluding hydrogens is 196 g/mol. The molecule has 0 saturated carbocycles. The van der Waals surface area contributed by atoms with Crippen molar-refractivity contribution in [2.45, 2.75) is 38.8 Å². The largest absolute Gasteiger partial charge is 0.323 e. The SMILES string of the molecule is CCC(CC)N(C)CC(N)c1ccccc1. The van der Waals surface area contributed by atoms with Gasteiger partial charge in [-0.2, -0.15) is 0 Å². The van der Waals surface area contributed by atoms with E-state index in [-0.39, 0.29) is 6.04 Å². The van der Waals surface area contributed by atoms with Gasteiger partial charge in [-0.1, -0.05) is 44.2 Å². The summed E-state index contributed by atoms with van der Waals surface area (Å²) in [5, 5.41) is 0. The Balaban J connectivity index is 2.54. The Morgan fingerprint density at radius 1 is 1.12 bits per heavy atom. The molecule has 0 spiro atoms. The van der Waals surface area contributed by atoms with Crippen molar-refractivity contribution in [1.82, 2.24) is 4.90 Å². The lowest BCUT2D eigenvalue weighted by molar-refractivity contribution is 0.217. The smallest absolute Gasteiger partial charge is 0.0424 e. The molecule has 1 unspecified atom stereocenters. The number of nitrogens with two attached hydrogens (primary N) is 1. The molecule has 0 radical (unpaired) electrons. The zero-order valence-electron chi connectivity index (χ0n) is 10.7. The van der Waals surface area contributed by atoms with E-state index in [1.165, 1.54) is 18.4 Å². The van der Waals surface area contributed by atoms with Crippen LogP contribution in [0.3, 0.4) is 0 Å². The monoisotopic (exact) mass is 220 g/mol. The molecule has 0 heterocycles. The summed E-state index contributed by atoms with van der Waals surface area (Å²) in [6.45, 7) is 5.40. The molecule has 1 aromatic rings. The predicted octanol–water partition coefficient (Wildman–Crippen LogP) is 2.81. The Morgan fingerprint density at radius 3 is 2.19 bits per heavy atom. The van der Waals surface area contributed by atoms with Crippen molar-refractivity contribution in [3.63, 3.8) is 0 Å². The molecule has 1 atom stereocenters. The predicted molar refractivity (Wildman–Crippen MR) is 70.4 cm³/mol. The van der Waals surface area contributed by atoms with Gasteiger partial charge in [-0.3, -0.25) is 0 Å². The Kier molecular flexibility index (Phi) is 5.50. The molecule has 2 heteroatoms. The molecule has 0 fully saturated rings. The van der Waals surface area contributed by atoms with E-state index in [1.807, 2.05) is 18.2 Å². The van der Waals surface area contributed by atoms with E-state index in [9.17, 15) is 0 Å². The maximum absolute atomic E-state index is 6.20. The van der Waals surface area contributed by atoms with E-state index >= 15 is 0 Å². The van der Waals surface area contributed by atoms with Gasteiger partial charge in [-0.05, 0) is 25.5 Å². The van der Waals surface area contributed by atoms with Gasteiger partial charge in [0, 0.05) is 18.6 Å². The second-order valence-corrected chi connectivity index (χ2v) is 4.43. The van der Waals surface area contributed by atoms with Crippen molar-refractivity contribution < 1.29 is 0 Å². The van der Waals surface area contributed by atoms with Crippen molar-refractivity contribution in [3.8, 4) is 0 Å². The highest BCUT2D eigenvalue weighted by Crippen LogP contribution is 2.14. The van der Waals surface area contributed by atoms with Crippen LogP contribution in [0.4, 0.5) is 0 Å². The van der Waals surface area contributed by atoms with Gasteiger partial charge in [0.25, 0.3) is 0 Å². The maximum atomic E-state index is 6.20. The molecule has 90 valence electrons. The van der Waals surface area contributed by atoms with E-state index in [0.29, 0.717) is 6.04 Å². The lowest BCUT2D eigenvalue weighted by Gasteiger charge is -2.28. The molecule has 16 heavy (non-hydrogen) atoms. The third-order valence-electron chi connectivity index (χ3n) is 3.28. The number of nitrogens with zero attached hydrogens (tertiary/aromatic N) is 1. The van der Waals surface area contributed by atoms with Gasteiger partial charge in [0.05, 0.1) is 0 Å². The first kappa shape index (κ1) is 13.2. The third kappa shape index (κ3) is 3.62. The van der Waals surface area contributed by atoms with Crippen LogP contribution in [-0.2, 0) is 0 Å². The Hall–Kier alpha value is -0.860. The lowest BCUT2D eigenvalue weighted by Crippen LogP contribution is -2.36. The Labute approximate surface area is 99.5 Å². The van der Waals surface area contributed by atoms with Crippen LogP contribution in [-0.4, -0.2) is 24.5 Å². The molecule has 2 nitrogen and oxygen atoms in total. The fraction of sp³-hybridized carbons (Fsp3) is 0.571. The van der Waals surface area contributed by atoms with Crippen LogP contribution in [0.2, 0.25) is 0 Å². The molecule has 1 rings (SSSR count). The van der Waals surface area contributed by atoms with Crippen molar-refractivity contribution in [1.29, 1.82) is 0 Å². The van der Waals surface area contributed by atoms with Gasteiger partial charge in [-0.25, -0.2) is 0 Å². The number of rotatable bonds is 6. The van der Waals surface area contributed by atoms with Gasteiger partial charge in [0.2, 0.25) is 0 Å². The van der Waals surface area contributed by atoms with Crippen LogP contribution < -0.4 is 5.73 Å². The Morgan fingerprint density at radius 2 is 1.69 bits per heavy atom. The minimum absolute atomic E-state index is 0.117. The van der Waals surface area contributed by atoms with Crippen molar-refractivity contribution in [3.05, 3.63) is 35.9 Å². The molecule has 0 saturated heterocycles. The average molecular weight is 220 g/mol. The normalized spacial score (nSPS) is 13.4. The summed E-state index contributed by atoms with van der Waals surface area (Å²) >= 11 is 0. The van der Waals surface area contributed by atoms with Crippen LogP contribution >= 0.6 is 0 Å². The first-order chi connectivity index (χ1) is 7.69. The molecule has 1 aromatic carbocycles. The molecule has 0 aliphatic rings. The van der Waals surface area contributed by atoms with Crippen LogP contribution in [0.15, 0.2) is 30.3 Å². The highest BCUT2D eigenvalue weighted by atomic mass is 15.1. The highest BCUT2D eigenvalue weighted by Gasteiger charge is 2.14. The minimum atomic E-state index is 0.117. The van der Waals surface area contributed by atoms with Crippen molar-refractivity contribution in [2.75, 3.05) is 13.6 Å². The van der Waals surface area contributed by atoms with E-state index in [2.05, 4.69) is 37.9 Å². The lowest BCUT2D eigenvalue weighted by atomic mass is 10.1. The number of hydrogen-bond donors (Lipinski definition) is 1. The summed E-state index contributed by atoms with van der Waals surface area (Å²) in [5.41, 5.74) is 7.42. The Bertz CT molecular complexity index is 280. The summed E-state index contributed by atoms with van der Waals surface area (Å²) in [6, 6.07) is 11.1. The molecular formula is C14H24N2. The minimum Gasteiger partial charge on any atom is -0.323 e. The highest BCUT2D eigenvalue weighted by molar-refractivity contribution is 5.18. The van der Waals surface area contributed by atoms with Gasteiger partial charge >= 0.3 is 0 Å². The van der Waals surface area contributed by atoms with Crippen molar-refractivity contribution in [2.24, 2.45) is 5.73 Å². The fourth-order valence-corrected chi connectivity index (χ4v) is 2.18. The summed E-state index contributed by atoms with van der Waals surface area (Å²) < 4.78 is 0. The van der Waals surface area contributed by atoms with Crippen LogP contribution in [0, 0.1) is 0 Å². The van der Waals surface area contributed by atoms with E-state index in [4.69, 9.17) is 5.73 Å². The van der Waals surface area contributed by atoms with Gasteiger partial charge in [0.1, 0.15) is 0 Å². The van der Waals surface area contributed by atoms with Gasteiger partial charge in [0.15, 0.2) is 0 Å². The molecule has 0 aliphatic heterocycles. The average Bonchev–Trinajstić information content (AvgIpc) is 2.31. The molecule has 2 N–H and O–H groups in total. The summed E-state index contributed by atoms with van der Waals surface area (Å²) in [4.78, 5) is 2.37. The molecule has 0 aromatic heterocycles. The van der Waals surface area contributed by atoms with Gasteiger partial charge in [-0.15, -0.1) is 0 Å². The van der Waals surface area contributed by atoms with E-state index in [0.717, 1.165) is 6.54 Å². The number of benzene rings is 1. The van der Waals surface area contributed by atoms with Gasteiger partial charge < -0.3 is 10.6 Å². The molecule has 0 amide bonds.